The summed E-state index contributed by atoms with van der Waals surface area (Å²) in [4.78, 5) is 14.7. The van der Waals surface area contributed by atoms with Crippen LogP contribution in [0, 0.1) is 5.92 Å². The van der Waals surface area contributed by atoms with Crippen LogP contribution in [0.5, 0.6) is 5.75 Å². The molecule has 6 heteroatoms. The van der Waals surface area contributed by atoms with Crippen molar-refractivity contribution in [2.75, 3.05) is 46.6 Å². The van der Waals surface area contributed by atoms with Gasteiger partial charge in [0.2, 0.25) is 0 Å². The van der Waals surface area contributed by atoms with Crippen molar-refractivity contribution in [3.63, 3.8) is 0 Å². The number of carbonyl (C=O) groups is 1. The largest absolute Gasteiger partial charge is 0.490 e. The fourth-order valence-electron chi connectivity index (χ4n) is 3.20. The number of likely N-dealkylation sites (tertiary alicyclic amines) is 1. The first-order valence-corrected chi connectivity index (χ1v) is 8.53. The van der Waals surface area contributed by atoms with E-state index in [-0.39, 0.29) is 12.2 Å². The van der Waals surface area contributed by atoms with Crippen LogP contribution in [-0.2, 0) is 14.2 Å². The SMILES string of the molecule is COCCOc1ccccc1C(=O)N1CCC(C2OCCO2)CC1. The Labute approximate surface area is 142 Å². The topological polar surface area (TPSA) is 57.2 Å². The monoisotopic (exact) mass is 335 g/mol. The van der Waals surface area contributed by atoms with Crippen molar-refractivity contribution < 1.29 is 23.7 Å². The fourth-order valence-corrected chi connectivity index (χ4v) is 3.20. The maximum absolute atomic E-state index is 12.8. The molecule has 0 unspecified atom stereocenters. The van der Waals surface area contributed by atoms with Crippen molar-refractivity contribution in [2.45, 2.75) is 19.1 Å². The van der Waals surface area contributed by atoms with Gasteiger partial charge in [0.25, 0.3) is 5.91 Å². The van der Waals surface area contributed by atoms with E-state index in [0.717, 1.165) is 25.9 Å². The predicted molar refractivity (Wildman–Crippen MR) is 88.1 cm³/mol. The van der Waals surface area contributed by atoms with E-state index in [1.165, 1.54) is 0 Å². The van der Waals surface area contributed by atoms with E-state index >= 15 is 0 Å². The van der Waals surface area contributed by atoms with E-state index in [2.05, 4.69) is 0 Å². The standard InChI is InChI=1S/C18H25NO5/c1-21-10-11-22-16-5-3-2-4-15(16)17(20)19-8-6-14(7-9-19)18-23-12-13-24-18/h2-5,14,18H,6-13H2,1H3. The molecule has 0 saturated carbocycles. The average Bonchev–Trinajstić information content (AvgIpc) is 3.17. The molecule has 0 spiro atoms. The van der Waals surface area contributed by atoms with Crippen LogP contribution < -0.4 is 4.74 Å². The summed E-state index contributed by atoms with van der Waals surface area (Å²) < 4.78 is 21.9. The molecule has 0 radical (unpaired) electrons. The van der Waals surface area contributed by atoms with Gasteiger partial charge < -0.3 is 23.8 Å². The lowest BCUT2D eigenvalue weighted by Crippen LogP contribution is -2.41. The van der Waals surface area contributed by atoms with E-state index in [0.29, 0.717) is 43.7 Å². The Hall–Kier alpha value is -1.63. The maximum Gasteiger partial charge on any atom is 0.257 e. The zero-order valence-electron chi connectivity index (χ0n) is 14.1. The first kappa shape index (κ1) is 17.2. The third-order valence-corrected chi connectivity index (χ3v) is 4.52. The number of ether oxygens (including phenoxy) is 4. The third-order valence-electron chi connectivity index (χ3n) is 4.52. The van der Waals surface area contributed by atoms with Crippen molar-refractivity contribution in [1.82, 2.24) is 4.90 Å². The number of nitrogens with zero attached hydrogens (tertiary/aromatic N) is 1. The molecular weight excluding hydrogens is 310 g/mol. The second kappa shape index (κ2) is 8.46. The lowest BCUT2D eigenvalue weighted by atomic mass is 9.95. The number of carbonyl (C=O) groups excluding carboxylic acids is 1. The third kappa shape index (κ3) is 4.06. The van der Waals surface area contributed by atoms with Crippen LogP contribution in [0.1, 0.15) is 23.2 Å². The van der Waals surface area contributed by atoms with Crippen molar-refractivity contribution in [3.05, 3.63) is 29.8 Å². The van der Waals surface area contributed by atoms with Crippen LogP contribution >= 0.6 is 0 Å². The van der Waals surface area contributed by atoms with Crippen molar-refractivity contribution in [3.8, 4) is 5.75 Å². The minimum Gasteiger partial charge on any atom is -0.490 e. The number of hydrogen-bond acceptors (Lipinski definition) is 5. The number of amides is 1. The smallest absolute Gasteiger partial charge is 0.257 e. The summed E-state index contributed by atoms with van der Waals surface area (Å²) in [5.74, 6) is 1.02. The van der Waals surface area contributed by atoms with Gasteiger partial charge in [0, 0.05) is 26.1 Å². The Balaban J connectivity index is 1.58. The molecule has 24 heavy (non-hydrogen) atoms. The highest BCUT2D eigenvalue weighted by atomic mass is 16.7. The van der Waals surface area contributed by atoms with Crippen LogP contribution in [0.2, 0.25) is 0 Å². The van der Waals surface area contributed by atoms with E-state index in [4.69, 9.17) is 18.9 Å². The maximum atomic E-state index is 12.8. The minimum atomic E-state index is -0.0908. The number of piperidine rings is 1. The molecule has 2 fully saturated rings. The lowest BCUT2D eigenvalue weighted by molar-refractivity contribution is -0.0956. The van der Waals surface area contributed by atoms with Gasteiger partial charge in [-0.05, 0) is 25.0 Å². The van der Waals surface area contributed by atoms with Gasteiger partial charge in [0.1, 0.15) is 12.4 Å². The van der Waals surface area contributed by atoms with Crippen molar-refractivity contribution in [1.29, 1.82) is 0 Å². The van der Waals surface area contributed by atoms with Gasteiger partial charge in [0.15, 0.2) is 6.29 Å². The highest BCUT2D eigenvalue weighted by molar-refractivity contribution is 5.97. The normalized spacial score (nSPS) is 19.6. The quantitative estimate of drug-likeness (QED) is 0.744. The van der Waals surface area contributed by atoms with E-state index in [1.807, 2.05) is 29.2 Å². The van der Waals surface area contributed by atoms with Crippen LogP contribution in [0.3, 0.4) is 0 Å². The van der Waals surface area contributed by atoms with E-state index < -0.39 is 0 Å². The van der Waals surface area contributed by atoms with Gasteiger partial charge in [-0.15, -0.1) is 0 Å². The Kier molecular flexibility index (Phi) is 6.07. The number of rotatable bonds is 6. The highest BCUT2D eigenvalue weighted by Crippen LogP contribution is 2.28. The Bertz CT molecular complexity index is 536. The van der Waals surface area contributed by atoms with Gasteiger partial charge in [-0.1, -0.05) is 12.1 Å². The fraction of sp³-hybridized carbons (Fsp3) is 0.611. The highest BCUT2D eigenvalue weighted by Gasteiger charge is 2.32. The van der Waals surface area contributed by atoms with Gasteiger partial charge in [-0.2, -0.15) is 0 Å². The molecule has 3 rings (SSSR count). The van der Waals surface area contributed by atoms with Crippen molar-refractivity contribution in [2.24, 2.45) is 5.92 Å². The molecule has 0 aliphatic carbocycles. The summed E-state index contributed by atoms with van der Waals surface area (Å²) in [5.41, 5.74) is 0.611. The zero-order chi connectivity index (χ0) is 16.8. The zero-order valence-corrected chi connectivity index (χ0v) is 14.1. The van der Waals surface area contributed by atoms with Gasteiger partial charge in [-0.3, -0.25) is 4.79 Å². The predicted octanol–water partition coefficient (Wildman–Crippen LogP) is 1.94. The summed E-state index contributed by atoms with van der Waals surface area (Å²) in [7, 11) is 1.63. The molecule has 0 atom stereocenters. The molecule has 132 valence electrons. The second-order valence-electron chi connectivity index (χ2n) is 6.08. The van der Waals surface area contributed by atoms with Crippen LogP contribution in [0.15, 0.2) is 24.3 Å². The molecule has 1 amide bonds. The van der Waals surface area contributed by atoms with Crippen LogP contribution in [0.25, 0.3) is 0 Å². The number of hydrogen-bond donors (Lipinski definition) is 0. The summed E-state index contributed by atoms with van der Waals surface area (Å²) in [6.07, 6.45) is 1.72. The van der Waals surface area contributed by atoms with E-state index in [1.54, 1.807) is 7.11 Å². The van der Waals surface area contributed by atoms with Crippen LogP contribution in [0.4, 0.5) is 0 Å². The Morgan fingerprint density at radius 3 is 2.58 bits per heavy atom. The molecule has 2 aliphatic heterocycles. The first-order valence-electron chi connectivity index (χ1n) is 8.53. The molecule has 2 heterocycles. The molecule has 1 aromatic rings. The molecule has 0 bridgehead atoms. The molecule has 1 aromatic carbocycles. The molecule has 6 nitrogen and oxygen atoms in total. The van der Waals surface area contributed by atoms with E-state index in [9.17, 15) is 4.79 Å². The molecule has 0 N–H and O–H groups in total. The first-order chi connectivity index (χ1) is 11.8. The number of methoxy groups -OCH3 is 1. The summed E-state index contributed by atoms with van der Waals surface area (Å²) in [5, 5.41) is 0. The average molecular weight is 335 g/mol. The molecular formula is C18H25NO5. The van der Waals surface area contributed by atoms with Gasteiger partial charge in [-0.25, -0.2) is 0 Å². The van der Waals surface area contributed by atoms with Crippen LogP contribution in [-0.4, -0.2) is 63.7 Å². The second-order valence-corrected chi connectivity index (χ2v) is 6.08. The van der Waals surface area contributed by atoms with Crippen molar-refractivity contribution >= 4 is 5.91 Å². The van der Waals surface area contributed by atoms with Gasteiger partial charge >= 0.3 is 0 Å². The Morgan fingerprint density at radius 2 is 1.88 bits per heavy atom. The summed E-state index contributed by atoms with van der Waals surface area (Å²) >= 11 is 0. The molecule has 2 aliphatic rings. The summed E-state index contributed by atoms with van der Waals surface area (Å²) in [6.45, 7) is 3.72. The molecule has 0 aromatic heterocycles. The Morgan fingerprint density at radius 1 is 1.17 bits per heavy atom. The lowest BCUT2D eigenvalue weighted by Gasteiger charge is -2.34. The van der Waals surface area contributed by atoms with Gasteiger partial charge in [0.05, 0.1) is 25.4 Å². The number of benzene rings is 1. The summed E-state index contributed by atoms with van der Waals surface area (Å²) in [6, 6.07) is 7.39. The molecule has 2 saturated heterocycles. The number of para-hydroxylation sites is 1. The minimum absolute atomic E-state index is 0.0229.